The van der Waals surface area contributed by atoms with Gasteiger partial charge in [-0.1, -0.05) is 11.6 Å². The van der Waals surface area contributed by atoms with Crippen molar-refractivity contribution < 1.29 is 0 Å². The van der Waals surface area contributed by atoms with Crippen molar-refractivity contribution in [2.75, 3.05) is 24.7 Å². The van der Waals surface area contributed by atoms with Crippen molar-refractivity contribution in [3.8, 4) is 0 Å². The molecule has 0 aliphatic carbocycles. The van der Waals surface area contributed by atoms with Crippen LogP contribution in [0.2, 0.25) is 5.02 Å². The van der Waals surface area contributed by atoms with E-state index < -0.39 is 0 Å². The van der Waals surface area contributed by atoms with Crippen molar-refractivity contribution in [2.45, 2.75) is 0 Å². The highest BCUT2D eigenvalue weighted by atomic mass is 35.5. The fourth-order valence-corrected chi connectivity index (χ4v) is 0.927. The van der Waals surface area contributed by atoms with Gasteiger partial charge in [0.2, 0.25) is 5.95 Å². The molecule has 66 valence electrons. The molecule has 0 aromatic carbocycles. The highest BCUT2D eigenvalue weighted by molar-refractivity contribution is 6.32. The molecule has 0 atom stereocenters. The third-order valence-electron chi connectivity index (χ3n) is 1.34. The third kappa shape index (κ3) is 1.50. The van der Waals surface area contributed by atoms with Gasteiger partial charge in [-0.2, -0.15) is 4.98 Å². The molecule has 0 unspecified atom stereocenters. The van der Waals surface area contributed by atoms with Gasteiger partial charge >= 0.3 is 0 Å². The number of rotatable bonds is 2. The van der Waals surface area contributed by atoms with Gasteiger partial charge in [-0.25, -0.2) is 0 Å². The number of halogens is 1. The van der Waals surface area contributed by atoms with Gasteiger partial charge in [-0.15, -0.1) is 0 Å². The quantitative estimate of drug-likeness (QED) is 0.633. The molecule has 1 rings (SSSR count). The Balaban J connectivity index is 3.29. The third-order valence-corrected chi connectivity index (χ3v) is 1.69. The fourth-order valence-electron chi connectivity index (χ4n) is 0.743. The lowest BCUT2D eigenvalue weighted by Gasteiger charge is -2.03. The summed E-state index contributed by atoms with van der Waals surface area (Å²) in [4.78, 5) is 17.5. The first-order valence-corrected chi connectivity index (χ1v) is 3.72. The number of H-pyrrole nitrogens is 1. The summed E-state index contributed by atoms with van der Waals surface area (Å²) in [6, 6.07) is 0. The van der Waals surface area contributed by atoms with Crippen LogP contribution in [0.1, 0.15) is 0 Å². The van der Waals surface area contributed by atoms with Crippen molar-refractivity contribution in [1.29, 1.82) is 0 Å². The van der Waals surface area contributed by atoms with Gasteiger partial charge in [0.15, 0.2) is 5.82 Å². The molecule has 0 fully saturated rings. The van der Waals surface area contributed by atoms with Crippen LogP contribution >= 0.6 is 11.6 Å². The van der Waals surface area contributed by atoms with Crippen LogP contribution in [0, 0.1) is 0 Å². The van der Waals surface area contributed by atoms with Gasteiger partial charge < -0.3 is 10.6 Å². The molecule has 0 saturated heterocycles. The molecular formula is C6H9ClN4O. The second kappa shape index (κ2) is 3.44. The first-order valence-electron chi connectivity index (χ1n) is 3.34. The van der Waals surface area contributed by atoms with Gasteiger partial charge in [-0.3, -0.25) is 9.78 Å². The molecule has 5 nitrogen and oxygen atoms in total. The molecule has 1 aromatic heterocycles. The number of aromatic amines is 1. The summed E-state index contributed by atoms with van der Waals surface area (Å²) in [5, 5.41) is 5.48. The second-order valence-corrected chi connectivity index (χ2v) is 2.46. The predicted octanol–water partition coefficient (Wildman–Crippen LogP) is 0.507. The average molecular weight is 189 g/mol. The lowest BCUT2D eigenvalue weighted by atomic mass is 10.5. The maximum Gasteiger partial charge on any atom is 0.273 e. The zero-order valence-corrected chi connectivity index (χ0v) is 7.49. The smallest absolute Gasteiger partial charge is 0.273 e. The zero-order chi connectivity index (χ0) is 9.14. The second-order valence-electron chi connectivity index (χ2n) is 2.08. The summed E-state index contributed by atoms with van der Waals surface area (Å²) in [7, 11) is 3.30. The number of nitrogens with zero attached hydrogens (tertiary/aromatic N) is 1. The normalized spacial score (nSPS) is 9.58. The van der Waals surface area contributed by atoms with Gasteiger partial charge in [0.25, 0.3) is 5.56 Å². The Morgan fingerprint density at radius 3 is 2.58 bits per heavy atom. The Labute approximate surface area is 74.2 Å². The van der Waals surface area contributed by atoms with E-state index in [9.17, 15) is 4.79 Å². The monoisotopic (exact) mass is 188 g/mol. The highest BCUT2D eigenvalue weighted by Gasteiger charge is 2.05. The fraction of sp³-hybridized carbons (Fsp3) is 0.333. The van der Waals surface area contributed by atoms with E-state index >= 15 is 0 Å². The van der Waals surface area contributed by atoms with Gasteiger partial charge in [-0.05, 0) is 0 Å². The molecule has 0 spiro atoms. The van der Waals surface area contributed by atoms with E-state index in [1.807, 2.05) is 0 Å². The largest absolute Gasteiger partial charge is 0.372 e. The lowest BCUT2D eigenvalue weighted by molar-refractivity contribution is 1.11. The van der Waals surface area contributed by atoms with E-state index in [-0.39, 0.29) is 10.6 Å². The van der Waals surface area contributed by atoms with Crippen molar-refractivity contribution in [1.82, 2.24) is 9.97 Å². The van der Waals surface area contributed by atoms with Crippen LogP contribution in [-0.2, 0) is 0 Å². The van der Waals surface area contributed by atoms with Crippen LogP contribution in [0.4, 0.5) is 11.8 Å². The minimum Gasteiger partial charge on any atom is -0.372 e. The summed E-state index contributed by atoms with van der Waals surface area (Å²) in [6.45, 7) is 0. The van der Waals surface area contributed by atoms with Crippen LogP contribution in [0.15, 0.2) is 4.79 Å². The number of aromatic nitrogens is 2. The molecule has 0 aliphatic heterocycles. The summed E-state index contributed by atoms with van der Waals surface area (Å²) < 4.78 is 0. The SMILES string of the molecule is CNc1nc(NC)c(Cl)c(=O)[nH]1. The van der Waals surface area contributed by atoms with Crippen LogP contribution in [-0.4, -0.2) is 24.1 Å². The van der Waals surface area contributed by atoms with E-state index in [2.05, 4.69) is 20.6 Å². The summed E-state index contributed by atoms with van der Waals surface area (Å²) in [5.74, 6) is 0.749. The minimum atomic E-state index is -0.361. The molecule has 6 heteroatoms. The number of hydrogen-bond acceptors (Lipinski definition) is 4. The first-order chi connectivity index (χ1) is 5.69. The highest BCUT2D eigenvalue weighted by Crippen LogP contribution is 2.13. The van der Waals surface area contributed by atoms with E-state index in [0.29, 0.717) is 11.8 Å². The number of hydrogen-bond donors (Lipinski definition) is 3. The van der Waals surface area contributed by atoms with Crippen LogP contribution in [0.25, 0.3) is 0 Å². The molecule has 1 aromatic rings. The van der Waals surface area contributed by atoms with Crippen LogP contribution < -0.4 is 16.2 Å². The summed E-state index contributed by atoms with van der Waals surface area (Å²) in [5.41, 5.74) is -0.361. The Morgan fingerprint density at radius 1 is 1.42 bits per heavy atom. The first kappa shape index (κ1) is 8.86. The van der Waals surface area contributed by atoms with Crippen molar-refractivity contribution in [3.05, 3.63) is 15.4 Å². The molecular weight excluding hydrogens is 180 g/mol. The summed E-state index contributed by atoms with van der Waals surface area (Å²) in [6.07, 6.45) is 0. The van der Waals surface area contributed by atoms with Crippen LogP contribution in [0.3, 0.4) is 0 Å². The van der Waals surface area contributed by atoms with Crippen molar-refractivity contribution in [3.63, 3.8) is 0 Å². The number of nitrogens with one attached hydrogen (secondary N) is 3. The van der Waals surface area contributed by atoms with Crippen molar-refractivity contribution in [2.24, 2.45) is 0 Å². The van der Waals surface area contributed by atoms with E-state index in [1.54, 1.807) is 14.1 Å². The maximum absolute atomic E-state index is 11.1. The molecule has 0 saturated carbocycles. The van der Waals surface area contributed by atoms with Gasteiger partial charge in [0, 0.05) is 14.1 Å². The Kier molecular flexibility index (Phi) is 2.54. The van der Waals surface area contributed by atoms with E-state index in [0.717, 1.165) is 0 Å². The topological polar surface area (TPSA) is 69.8 Å². The maximum atomic E-state index is 11.1. The zero-order valence-electron chi connectivity index (χ0n) is 6.73. The Hall–Kier alpha value is -1.23. The molecule has 12 heavy (non-hydrogen) atoms. The summed E-state index contributed by atoms with van der Waals surface area (Å²) >= 11 is 5.63. The van der Waals surface area contributed by atoms with E-state index in [4.69, 9.17) is 11.6 Å². The molecule has 3 N–H and O–H groups in total. The molecule has 0 amide bonds. The average Bonchev–Trinajstić information content (AvgIpc) is 2.09. The Bertz CT molecular complexity index is 335. The molecule has 0 bridgehead atoms. The molecule has 0 radical (unpaired) electrons. The van der Waals surface area contributed by atoms with Crippen LogP contribution in [0.5, 0.6) is 0 Å². The van der Waals surface area contributed by atoms with Crippen molar-refractivity contribution >= 4 is 23.4 Å². The number of anilines is 2. The van der Waals surface area contributed by atoms with Gasteiger partial charge in [0.1, 0.15) is 5.02 Å². The standard InChI is InChI=1S/C6H9ClN4O/c1-8-4-3(7)5(12)11-6(9-2)10-4/h1-2H3,(H3,8,9,10,11,12). The van der Waals surface area contributed by atoms with Gasteiger partial charge in [0.05, 0.1) is 0 Å². The predicted molar refractivity (Wildman–Crippen MR) is 49.0 cm³/mol. The Morgan fingerprint density at radius 2 is 2.08 bits per heavy atom. The molecule has 0 aliphatic rings. The molecule has 1 heterocycles. The lowest BCUT2D eigenvalue weighted by Crippen LogP contribution is -2.13. The minimum absolute atomic E-state index is 0.0662. The van der Waals surface area contributed by atoms with E-state index in [1.165, 1.54) is 0 Å².